The van der Waals surface area contributed by atoms with E-state index in [-0.39, 0.29) is 18.4 Å². The molecule has 0 aliphatic rings. The van der Waals surface area contributed by atoms with Crippen molar-refractivity contribution in [3.05, 3.63) is 33.3 Å². The lowest BCUT2D eigenvalue weighted by Crippen LogP contribution is -2.41. The van der Waals surface area contributed by atoms with Gasteiger partial charge < -0.3 is 14.5 Å². The largest absolute Gasteiger partial charge is 0.383 e. The number of halogens is 2. The van der Waals surface area contributed by atoms with Crippen molar-refractivity contribution in [2.45, 2.75) is 0 Å². The van der Waals surface area contributed by atoms with Crippen molar-refractivity contribution in [3.8, 4) is 0 Å². The van der Waals surface area contributed by atoms with Gasteiger partial charge in [-0.2, -0.15) is 0 Å². The van der Waals surface area contributed by atoms with Gasteiger partial charge in [0.15, 0.2) is 0 Å². The zero-order chi connectivity index (χ0) is 16.0. The molecular weight excluding hydrogens is 360 g/mol. The molecule has 116 valence electrons. The number of benzene rings is 1. The van der Waals surface area contributed by atoms with Crippen LogP contribution in [-0.2, 0) is 9.53 Å². The summed E-state index contributed by atoms with van der Waals surface area (Å²) < 4.78 is 5.71. The first-order chi connectivity index (χ1) is 9.86. The first-order valence-electron chi connectivity index (χ1n) is 6.30. The molecule has 1 rings (SSSR count). The highest BCUT2D eigenvalue weighted by Gasteiger charge is 2.20. The van der Waals surface area contributed by atoms with E-state index in [1.807, 2.05) is 0 Å². The monoisotopic (exact) mass is 376 g/mol. The Balaban J connectivity index is 2.92. The zero-order valence-corrected chi connectivity index (χ0v) is 14.6. The number of amides is 2. The Hall–Kier alpha value is -1.11. The molecule has 0 aliphatic heterocycles. The summed E-state index contributed by atoms with van der Waals surface area (Å²) in [5, 5.41) is 0.450. The maximum atomic E-state index is 12.5. The maximum Gasteiger partial charge on any atom is 0.254 e. The second kappa shape index (κ2) is 8.36. The third-order valence-corrected chi connectivity index (χ3v) is 4.08. The molecular formula is C14H18BrClN2O3. The van der Waals surface area contributed by atoms with Crippen LogP contribution in [0.1, 0.15) is 10.4 Å². The van der Waals surface area contributed by atoms with Gasteiger partial charge in [-0.3, -0.25) is 9.59 Å². The van der Waals surface area contributed by atoms with Crippen LogP contribution >= 0.6 is 27.5 Å². The van der Waals surface area contributed by atoms with E-state index in [0.717, 1.165) is 0 Å². The summed E-state index contributed by atoms with van der Waals surface area (Å²) in [6.07, 6.45) is 0. The van der Waals surface area contributed by atoms with E-state index in [9.17, 15) is 9.59 Å². The predicted octanol–water partition coefficient (Wildman–Crippen LogP) is 2.28. The van der Waals surface area contributed by atoms with Gasteiger partial charge in [0, 0.05) is 37.8 Å². The van der Waals surface area contributed by atoms with Crippen LogP contribution in [0.4, 0.5) is 0 Å². The summed E-state index contributed by atoms with van der Waals surface area (Å²) in [5.41, 5.74) is 0.436. The van der Waals surface area contributed by atoms with Gasteiger partial charge in [0.05, 0.1) is 11.6 Å². The number of carbonyl (C=O) groups excluding carboxylic acids is 2. The SMILES string of the molecule is COCCN(CC(=O)N(C)C)C(=O)c1ccc(Br)c(Cl)c1. The number of ether oxygens (including phenoxy) is 1. The number of carbonyl (C=O) groups is 2. The van der Waals surface area contributed by atoms with Crippen molar-refractivity contribution in [3.63, 3.8) is 0 Å². The van der Waals surface area contributed by atoms with Gasteiger partial charge in [0.25, 0.3) is 5.91 Å². The average molecular weight is 378 g/mol. The normalized spacial score (nSPS) is 10.3. The van der Waals surface area contributed by atoms with Crippen LogP contribution in [0.3, 0.4) is 0 Å². The van der Waals surface area contributed by atoms with Crippen molar-refractivity contribution < 1.29 is 14.3 Å². The highest BCUT2D eigenvalue weighted by Crippen LogP contribution is 2.23. The van der Waals surface area contributed by atoms with Crippen molar-refractivity contribution in [2.75, 3.05) is 40.9 Å². The Bertz CT molecular complexity index is 523. The van der Waals surface area contributed by atoms with Crippen LogP contribution in [0.2, 0.25) is 5.02 Å². The van der Waals surface area contributed by atoms with Crippen molar-refractivity contribution in [1.29, 1.82) is 0 Å². The Labute approximate surface area is 137 Å². The lowest BCUT2D eigenvalue weighted by atomic mass is 10.2. The Kier molecular flexibility index (Phi) is 7.14. The Morgan fingerprint density at radius 2 is 2.00 bits per heavy atom. The maximum absolute atomic E-state index is 12.5. The number of rotatable bonds is 6. The number of hydrogen-bond acceptors (Lipinski definition) is 3. The van der Waals surface area contributed by atoms with Crippen molar-refractivity contribution >= 4 is 39.3 Å². The van der Waals surface area contributed by atoms with Gasteiger partial charge in [-0.15, -0.1) is 0 Å². The molecule has 0 N–H and O–H groups in total. The minimum Gasteiger partial charge on any atom is -0.383 e. The molecule has 7 heteroatoms. The smallest absolute Gasteiger partial charge is 0.254 e. The molecule has 0 spiro atoms. The Morgan fingerprint density at radius 3 is 2.52 bits per heavy atom. The molecule has 0 unspecified atom stereocenters. The van der Waals surface area contributed by atoms with E-state index >= 15 is 0 Å². The van der Waals surface area contributed by atoms with Gasteiger partial charge in [0.2, 0.25) is 5.91 Å². The van der Waals surface area contributed by atoms with Crippen LogP contribution in [-0.4, -0.2) is 62.5 Å². The highest BCUT2D eigenvalue weighted by atomic mass is 79.9. The van der Waals surface area contributed by atoms with Crippen LogP contribution in [0, 0.1) is 0 Å². The quantitative estimate of drug-likeness (QED) is 0.764. The molecule has 1 aromatic rings. The fourth-order valence-electron chi connectivity index (χ4n) is 1.57. The number of methoxy groups -OCH3 is 1. The molecule has 1 aromatic carbocycles. The molecule has 2 amide bonds. The molecule has 0 aromatic heterocycles. The topological polar surface area (TPSA) is 49.9 Å². The van der Waals surface area contributed by atoms with E-state index in [0.29, 0.717) is 28.2 Å². The lowest BCUT2D eigenvalue weighted by Gasteiger charge is -2.23. The number of nitrogens with zero attached hydrogens (tertiary/aromatic N) is 2. The fraction of sp³-hybridized carbons (Fsp3) is 0.429. The van der Waals surface area contributed by atoms with Gasteiger partial charge in [-0.1, -0.05) is 11.6 Å². The lowest BCUT2D eigenvalue weighted by molar-refractivity contribution is -0.129. The average Bonchev–Trinajstić information content (AvgIpc) is 2.45. The first kappa shape index (κ1) is 17.9. The van der Waals surface area contributed by atoms with E-state index in [1.165, 1.54) is 9.80 Å². The summed E-state index contributed by atoms with van der Waals surface area (Å²) in [7, 11) is 4.85. The first-order valence-corrected chi connectivity index (χ1v) is 7.47. The van der Waals surface area contributed by atoms with Crippen LogP contribution < -0.4 is 0 Å². The summed E-state index contributed by atoms with van der Waals surface area (Å²) >= 11 is 9.28. The van der Waals surface area contributed by atoms with Gasteiger partial charge in [-0.25, -0.2) is 0 Å². The van der Waals surface area contributed by atoms with Gasteiger partial charge in [0.1, 0.15) is 6.54 Å². The van der Waals surface area contributed by atoms with Gasteiger partial charge in [-0.05, 0) is 34.1 Å². The molecule has 0 saturated heterocycles. The second-order valence-electron chi connectivity index (χ2n) is 4.64. The third-order valence-electron chi connectivity index (χ3n) is 2.84. The van der Waals surface area contributed by atoms with Crippen LogP contribution in [0.5, 0.6) is 0 Å². The molecule has 0 saturated carbocycles. The summed E-state index contributed by atoms with van der Waals surface area (Å²) in [6, 6.07) is 4.95. The minimum absolute atomic E-state index is 0.00285. The molecule has 0 atom stereocenters. The van der Waals surface area contributed by atoms with E-state index in [2.05, 4.69) is 15.9 Å². The van der Waals surface area contributed by atoms with E-state index < -0.39 is 0 Å². The Morgan fingerprint density at radius 1 is 1.33 bits per heavy atom. The summed E-state index contributed by atoms with van der Waals surface area (Å²) in [4.78, 5) is 27.2. The summed E-state index contributed by atoms with van der Waals surface area (Å²) in [5.74, 6) is -0.403. The molecule has 0 heterocycles. The fourth-order valence-corrected chi connectivity index (χ4v) is 2.00. The standard InChI is InChI=1S/C14H18BrClN2O3/c1-17(2)13(19)9-18(6-7-21-3)14(20)10-4-5-11(15)12(16)8-10/h4-5,8H,6-7,9H2,1-3H3. The molecule has 0 bridgehead atoms. The minimum atomic E-state index is -0.253. The number of likely N-dealkylation sites (N-methyl/N-ethyl adjacent to an activating group) is 1. The van der Waals surface area contributed by atoms with Crippen molar-refractivity contribution in [1.82, 2.24) is 9.80 Å². The highest BCUT2D eigenvalue weighted by molar-refractivity contribution is 9.10. The molecule has 0 aliphatic carbocycles. The second-order valence-corrected chi connectivity index (χ2v) is 5.90. The summed E-state index contributed by atoms with van der Waals surface area (Å²) in [6.45, 7) is 0.697. The zero-order valence-electron chi connectivity index (χ0n) is 12.2. The molecule has 0 fully saturated rings. The molecule has 5 nitrogen and oxygen atoms in total. The van der Waals surface area contributed by atoms with Crippen LogP contribution in [0.25, 0.3) is 0 Å². The predicted molar refractivity (Wildman–Crippen MR) is 85.6 cm³/mol. The third kappa shape index (κ3) is 5.30. The van der Waals surface area contributed by atoms with Gasteiger partial charge >= 0.3 is 0 Å². The van der Waals surface area contributed by atoms with E-state index in [1.54, 1.807) is 39.4 Å². The van der Waals surface area contributed by atoms with Crippen molar-refractivity contribution in [2.24, 2.45) is 0 Å². The molecule has 21 heavy (non-hydrogen) atoms. The van der Waals surface area contributed by atoms with Crippen LogP contribution in [0.15, 0.2) is 22.7 Å². The molecule has 0 radical (unpaired) electrons. The van der Waals surface area contributed by atoms with E-state index in [4.69, 9.17) is 16.3 Å². The number of hydrogen-bond donors (Lipinski definition) is 0.